The summed E-state index contributed by atoms with van der Waals surface area (Å²) >= 11 is 5.98. The third-order valence-electron chi connectivity index (χ3n) is 12.8. The number of halogens is 2. The average molecular weight is 565 g/mol. The van der Waals surface area contributed by atoms with Crippen LogP contribution < -0.4 is 0 Å². The molecule has 0 amide bonds. The molecule has 4 saturated carbocycles. The average Bonchev–Trinajstić information content (AvgIpc) is 3.58. The van der Waals surface area contributed by atoms with Gasteiger partial charge in [0.2, 0.25) is 5.89 Å². The van der Waals surface area contributed by atoms with E-state index in [0.29, 0.717) is 34.6 Å². The predicted molar refractivity (Wildman–Crippen MR) is 154 cm³/mol. The number of fused-ring (bicyclic) bond motifs is 7. The lowest BCUT2D eigenvalue weighted by Crippen LogP contribution is -2.57. The van der Waals surface area contributed by atoms with Crippen LogP contribution in [0.3, 0.4) is 0 Å². The highest BCUT2D eigenvalue weighted by molar-refractivity contribution is 6.30. The smallest absolute Gasteiger partial charge is 0.250 e. The molecule has 1 aromatic carbocycles. The SMILES string of the molecule is CC(C)C1=C2C3CCC4C5(C)CCC(C)C5CCC4(C)C3CCC2(c2nnc(-c3ccc(Cl)cc3F)o2)CC1=O. The largest absolute Gasteiger partial charge is 0.420 e. The number of hydrogen-bond acceptors (Lipinski definition) is 4. The van der Waals surface area contributed by atoms with Gasteiger partial charge in [0, 0.05) is 11.4 Å². The van der Waals surface area contributed by atoms with E-state index in [2.05, 4.69) is 44.8 Å². The van der Waals surface area contributed by atoms with E-state index in [1.54, 1.807) is 12.1 Å². The third-order valence-corrected chi connectivity index (χ3v) is 13.0. The van der Waals surface area contributed by atoms with E-state index in [1.807, 2.05) is 0 Å². The number of benzene rings is 1. The van der Waals surface area contributed by atoms with Gasteiger partial charge in [0.25, 0.3) is 5.89 Å². The fourth-order valence-corrected chi connectivity index (χ4v) is 11.3. The minimum atomic E-state index is -0.571. The molecule has 5 aliphatic carbocycles. The molecule has 0 aliphatic heterocycles. The minimum Gasteiger partial charge on any atom is -0.420 e. The topological polar surface area (TPSA) is 56.0 Å². The molecular formula is C34H42ClFN2O2. The fourth-order valence-electron chi connectivity index (χ4n) is 11.2. The Kier molecular flexibility index (Phi) is 6.04. The highest BCUT2D eigenvalue weighted by atomic mass is 35.5. The van der Waals surface area contributed by atoms with Gasteiger partial charge in [-0.05, 0) is 127 Å². The third kappa shape index (κ3) is 3.51. The summed E-state index contributed by atoms with van der Waals surface area (Å²) < 4.78 is 21.1. The number of carbonyl (C=O) groups is 1. The van der Waals surface area contributed by atoms with Crippen LogP contribution in [0.2, 0.25) is 5.02 Å². The molecule has 214 valence electrons. The van der Waals surface area contributed by atoms with Crippen LogP contribution in [-0.4, -0.2) is 16.0 Å². The van der Waals surface area contributed by atoms with E-state index >= 15 is 0 Å². The van der Waals surface area contributed by atoms with Crippen molar-refractivity contribution >= 4 is 17.4 Å². The van der Waals surface area contributed by atoms with Gasteiger partial charge in [-0.3, -0.25) is 4.79 Å². The van der Waals surface area contributed by atoms with Crippen molar-refractivity contribution in [1.82, 2.24) is 10.2 Å². The summed E-state index contributed by atoms with van der Waals surface area (Å²) in [4.78, 5) is 13.8. The Bertz CT molecular complexity index is 1410. The van der Waals surface area contributed by atoms with Crippen molar-refractivity contribution < 1.29 is 13.6 Å². The number of hydrogen-bond donors (Lipinski definition) is 0. The van der Waals surface area contributed by atoms with Gasteiger partial charge < -0.3 is 4.42 Å². The van der Waals surface area contributed by atoms with Gasteiger partial charge in [-0.1, -0.05) is 46.2 Å². The summed E-state index contributed by atoms with van der Waals surface area (Å²) in [6, 6.07) is 4.49. The van der Waals surface area contributed by atoms with Crippen LogP contribution in [0.1, 0.15) is 98.3 Å². The van der Waals surface area contributed by atoms with Crippen molar-refractivity contribution in [3.63, 3.8) is 0 Å². The van der Waals surface area contributed by atoms with Crippen molar-refractivity contribution in [3.05, 3.63) is 46.1 Å². The second-order valence-electron chi connectivity index (χ2n) is 14.8. The maximum Gasteiger partial charge on any atom is 0.250 e. The number of Topliss-reactive ketones (excluding diaryl/α,β-unsaturated/α-hetero) is 1. The van der Waals surface area contributed by atoms with Gasteiger partial charge in [-0.15, -0.1) is 10.2 Å². The van der Waals surface area contributed by atoms with Gasteiger partial charge in [-0.25, -0.2) is 4.39 Å². The lowest BCUT2D eigenvalue weighted by molar-refractivity contribution is -0.131. The van der Waals surface area contributed by atoms with Crippen molar-refractivity contribution in [2.24, 2.45) is 46.3 Å². The standard InChI is InChI=1S/C34H42ClFN2O2/c1-18(2)28-26(39)17-34(31-38-37-30(40-31)22-7-6-20(35)16-25(22)36)15-12-24-21(29(28)34)8-9-27-32(4)13-10-19(3)23(32)11-14-33(24,27)5/h6-7,16,18-19,21,23-24,27H,8-15,17H2,1-5H3. The van der Waals surface area contributed by atoms with Crippen LogP contribution in [0, 0.1) is 52.2 Å². The molecule has 40 heavy (non-hydrogen) atoms. The highest BCUT2D eigenvalue weighted by Crippen LogP contribution is 2.72. The van der Waals surface area contributed by atoms with Crippen LogP contribution in [0.4, 0.5) is 4.39 Å². The second kappa shape index (κ2) is 8.99. The zero-order valence-corrected chi connectivity index (χ0v) is 25.3. The first-order valence-corrected chi connectivity index (χ1v) is 15.9. The van der Waals surface area contributed by atoms with E-state index in [0.717, 1.165) is 42.6 Å². The van der Waals surface area contributed by atoms with Crippen molar-refractivity contribution in [2.45, 2.75) is 97.8 Å². The highest BCUT2D eigenvalue weighted by Gasteiger charge is 2.65. The molecule has 6 heteroatoms. The van der Waals surface area contributed by atoms with Gasteiger partial charge in [0.15, 0.2) is 5.78 Å². The summed E-state index contributed by atoms with van der Waals surface area (Å²) in [6.45, 7) is 12.0. The zero-order chi connectivity index (χ0) is 28.2. The van der Waals surface area contributed by atoms with Crippen LogP contribution in [-0.2, 0) is 10.2 Å². The van der Waals surface area contributed by atoms with Gasteiger partial charge in [0.1, 0.15) is 5.82 Å². The number of allylic oxidation sites excluding steroid dienone is 2. The summed E-state index contributed by atoms with van der Waals surface area (Å²) in [7, 11) is 0. The number of nitrogens with zero attached hydrogens (tertiary/aromatic N) is 2. The van der Waals surface area contributed by atoms with Crippen LogP contribution in [0.15, 0.2) is 33.8 Å². The summed E-state index contributed by atoms with van der Waals surface area (Å²) in [5.41, 5.74) is 2.70. The monoisotopic (exact) mass is 564 g/mol. The molecule has 2 aromatic rings. The Morgan fingerprint density at radius 1 is 1.00 bits per heavy atom. The number of rotatable bonds is 3. The molecule has 7 rings (SSSR count). The number of aromatic nitrogens is 2. The molecule has 1 aromatic heterocycles. The molecule has 4 nitrogen and oxygen atoms in total. The quantitative estimate of drug-likeness (QED) is 0.373. The van der Waals surface area contributed by atoms with E-state index in [9.17, 15) is 9.18 Å². The van der Waals surface area contributed by atoms with Gasteiger partial charge in [-0.2, -0.15) is 0 Å². The maximum atomic E-state index is 14.8. The first-order valence-electron chi connectivity index (χ1n) is 15.6. The maximum absolute atomic E-state index is 14.8. The van der Waals surface area contributed by atoms with Crippen molar-refractivity contribution in [1.29, 1.82) is 0 Å². The van der Waals surface area contributed by atoms with Crippen LogP contribution >= 0.6 is 11.6 Å². The molecule has 0 spiro atoms. The molecule has 8 atom stereocenters. The van der Waals surface area contributed by atoms with E-state index < -0.39 is 11.2 Å². The Morgan fingerprint density at radius 3 is 2.48 bits per heavy atom. The molecule has 4 fully saturated rings. The normalized spacial score (nSPS) is 40.7. The Labute approximate surface area is 242 Å². The van der Waals surface area contributed by atoms with E-state index in [-0.39, 0.29) is 28.6 Å². The lowest BCUT2D eigenvalue weighted by atomic mass is 9.40. The number of ketones is 1. The summed E-state index contributed by atoms with van der Waals surface area (Å²) in [5.74, 6) is 3.91. The molecular weight excluding hydrogens is 523 g/mol. The lowest BCUT2D eigenvalue weighted by Gasteiger charge is -2.64. The molecule has 1 heterocycles. The van der Waals surface area contributed by atoms with Crippen molar-refractivity contribution in [2.75, 3.05) is 0 Å². The van der Waals surface area contributed by atoms with Gasteiger partial charge >= 0.3 is 0 Å². The molecule has 0 bridgehead atoms. The molecule has 0 N–H and O–H groups in total. The summed E-state index contributed by atoms with van der Waals surface area (Å²) in [5, 5.41) is 9.17. The Morgan fingerprint density at radius 2 is 1.73 bits per heavy atom. The Hall–Kier alpha value is -2.01. The first-order chi connectivity index (χ1) is 19.0. The Balaban J connectivity index is 1.30. The van der Waals surface area contributed by atoms with Gasteiger partial charge in [0.05, 0.1) is 11.0 Å². The minimum absolute atomic E-state index is 0.147. The summed E-state index contributed by atoms with van der Waals surface area (Å²) in [6.07, 6.45) is 10.1. The first kappa shape index (κ1) is 26.9. The second-order valence-corrected chi connectivity index (χ2v) is 15.2. The van der Waals surface area contributed by atoms with E-state index in [4.69, 9.17) is 16.0 Å². The fraction of sp³-hybridized carbons (Fsp3) is 0.676. The predicted octanol–water partition coefficient (Wildman–Crippen LogP) is 8.98. The van der Waals surface area contributed by atoms with Crippen LogP contribution in [0.25, 0.3) is 11.5 Å². The molecule has 0 saturated heterocycles. The molecule has 5 aliphatic rings. The van der Waals surface area contributed by atoms with E-state index in [1.165, 1.54) is 43.7 Å². The van der Waals surface area contributed by atoms with Crippen molar-refractivity contribution in [3.8, 4) is 11.5 Å². The molecule has 0 radical (unpaired) electrons. The zero-order valence-electron chi connectivity index (χ0n) is 24.5. The number of carbonyl (C=O) groups excluding carboxylic acids is 1. The molecule has 8 unspecified atom stereocenters. The van der Waals surface area contributed by atoms with Crippen LogP contribution in [0.5, 0.6) is 0 Å².